The van der Waals surface area contributed by atoms with Crippen LogP contribution in [0.25, 0.3) is 6.08 Å². The molecule has 0 bridgehead atoms. The van der Waals surface area contributed by atoms with Crippen LogP contribution in [-0.4, -0.2) is 44.6 Å². The highest BCUT2D eigenvalue weighted by molar-refractivity contribution is 5.72. The number of methoxy groups -OCH3 is 2. The third-order valence-electron chi connectivity index (χ3n) is 4.05. The molecule has 1 unspecified atom stereocenters. The lowest BCUT2D eigenvalue weighted by molar-refractivity contribution is -0.149. The van der Waals surface area contributed by atoms with Gasteiger partial charge in [0.2, 0.25) is 0 Å². The van der Waals surface area contributed by atoms with Gasteiger partial charge in [-0.2, -0.15) is 0 Å². The first kappa shape index (κ1) is 21.3. The lowest BCUT2D eigenvalue weighted by atomic mass is 10.1. The zero-order valence-electron chi connectivity index (χ0n) is 16.4. The van der Waals surface area contributed by atoms with E-state index in [-0.39, 0.29) is 0 Å². The predicted molar refractivity (Wildman–Crippen MR) is 107 cm³/mol. The molecule has 0 aliphatic heterocycles. The second-order valence-electron chi connectivity index (χ2n) is 5.96. The number of rotatable bonds is 11. The van der Waals surface area contributed by atoms with Crippen molar-refractivity contribution in [3.63, 3.8) is 0 Å². The van der Waals surface area contributed by atoms with Crippen LogP contribution in [-0.2, 0) is 16.0 Å². The van der Waals surface area contributed by atoms with Gasteiger partial charge in [0.25, 0.3) is 0 Å². The van der Waals surface area contributed by atoms with Crippen LogP contribution in [0.4, 0.5) is 0 Å². The number of hydrogen-bond donors (Lipinski definition) is 1. The minimum atomic E-state index is -0.956. The van der Waals surface area contributed by atoms with Crippen LogP contribution in [0.3, 0.4) is 0 Å². The quantitative estimate of drug-likeness (QED) is 0.633. The third kappa shape index (κ3) is 6.32. The van der Waals surface area contributed by atoms with Gasteiger partial charge in [0, 0.05) is 13.0 Å². The Morgan fingerprint density at radius 1 is 1.07 bits per heavy atom. The van der Waals surface area contributed by atoms with E-state index in [9.17, 15) is 4.79 Å². The van der Waals surface area contributed by atoms with E-state index in [4.69, 9.17) is 24.1 Å². The molecule has 0 aromatic heterocycles. The first-order valence-electron chi connectivity index (χ1n) is 9.02. The summed E-state index contributed by atoms with van der Waals surface area (Å²) in [5.41, 5.74) is 1.86. The molecule has 0 fully saturated rings. The molecule has 0 amide bonds. The molecule has 1 N–H and O–H groups in total. The number of carboxylic acid groups (broad SMARTS) is 1. The summed E-state index contributed by atoms with van der Waals surface area (Å²) < 4.78 is 21.4. The molecule has 0 heterocycles. The highest BCUT2D eigenvalue weighted by Gasteiger charge is 2.17. The topological polar surface area (TPSA) is 74.2 Å². The van der Waals surface area contributed by atoms with Gasteiger partial charge in [-0.15, -0.1) is 0 Å². The largest absolute Gasteiger partial charge is 0.493 e. The smallest absolute Gasteiger partial charge is 0.333 e. The van der Waals surface area contributed by atoms with Crippen molar-refractivity contribution < 1.29 is 28.8 Å². The van der Waals surface area contributed by atoms with E-state index < -0.39 is 12.1 Å². The van der Waals surface area contributed by atoms with Gasteiger partial charge in [-0.1, -0.05) is 24.3 Å². The second-order valence-corrected chi connectivity index (χ2v) is 5.96. The molecule has 2 aromatic rings. The number of aliphatic carboxylic acids is 1. The summed E-state index contributed by atoms with van der Waals surface area (Å²) in [5.74, 6) is 1.12. The van der Waals surface area contributed by atoms with Gasteiger partial charge in [-0.25, -0.2) is 4.79 Å². The zero-order valence-corrected chi connectivity index (χ0v) is 16.4. The predicted octanol–water partition coefficient (Wildman–Crippen LogP) is 3.83. The van der Waals surface area contributed by atoms with Crippen molar-refractivity contribution in [1.82, 2.24) is 0 Å². The number of carbonyl (C=O) groups is 1. The minimum Gasteiger partial charge on any atom is -0.493 e. The first-order valence-corrected chi connectivity index (χ1v) is 9.02. The standard InChI is InChI=1S/C22H26O6/c1-4-27-21(22(23)24)15-17-7-10-18(11-8-17)28-13-5-6-16-9-12-19(25-2)20(14-16)26-3/h5-12,14,21H,4,13,15H2,1-3H3,(H,23,24)/b6-5+. The van der Waals surface area contributed by atoms with Crippen LogP contribution < -0.4 is 14.2 Å². The van der Waals surface area contributed by atoms with E-state index in [0.717, 1.165) is 11.1 Å². The Bertz CT molecular complexity index is 782. The van der Waals surface area contributed by atoms with Crippen molar-refractivity contribution in [2.45, 2.75) is 19.4 Å². The first-order chi connectivity index (χ1) is 13.6. The van der Waals surface area contributed by atoms with E-state index >= 15 is 0 Å². The molecule has 6 heteroatoms. The Morgan fingerprint density at radius 3 is 2.39 bits per heavy atom. The molecule has 6 nitrogen and oxygen atoms in total. The minimum absolute atomic E-state index is 0.322. The van der Waals surface area contributed by atoms with Gasteiger partial charge in [-0.3, -0.25) is 0 Å². The van der Waals surface area contributed by atoms with Crippen LogP contribution >= 0.6 is 0 Å². The van der Waals surface area contributed by atoms with Gasteiger partial charge >= 0.3 is 5.97 Å². The zero-order chi connectivity index (χ0) is 20.4. The summed E-state index contributed by atoms with van der Waals surface area (Å²) in [6.07, 6.45) is 3.34. The molecule has 0 aliphatic rings. The Labute approximate surface area is 165 Å². The van der Waals surface area contributed by atoms with Crippen LogP contribution in [0.1, 0.15) is 18.1 Å². The number of hydrogen-bond acceptors (Lipinski definition) is 5. The molecular weight excluding hydrogens is 360 g/mol. The van der Waals surface area contributed by atoms with E-state index in [2.05, 4.69) is 0 Å². The highest BCUT2D eigenvalue weighted by Crippen LogP contribution is 2.28. The van der Waals surface area contributed by atoms with Gasteiger partial charge in [0.05, 0.1) is 14.2 Å². The van der Waals surface area contributed by atoms with Crippen molar-refractivity contribution in [3.05, 3.63) is 59.7 Å². The number of benzene rings is 2. The maximum atomic E-state index is 11.2. The Morgan fingerprint density at radius 2 is 1.79 bits per heavy atom. The van der Waals surface area contributed by atoms with Crippen molar-refractivity contribution in [2.24, 2.45) is 0 Å². The van der Waals surface area contributed by atoms with E-state index in [0.29, 0.717) is 36.9 Å². The summed E-state index contributed by atoms with van der Waals surface area (Å²) in [7, 11) is 3.20. The molecule has 150 valence electrons. The molecular formula is C22H26O6. The molecule has 1 atom stereocenters. The van der Waals surface area contributed by atoms with E-state index in [1.54, 1.807) is 21.1 Å². The molecule has 2 aromatic carbocycles. The highest BCUT2D eigenvalue weighted by atomic mass is 16.5. The Kier molecular flexibility index (Phi) is 8.37. The summed E-state index contributed by atoms with van der Waals surface area (Å²) in [5, 5.41) is 9.15. The summed E-state index contributed by atoms with van der Waals surface area (Å²) in [6.45, 7) is 2.55. The summed E-state index contributed by atoms with van der Waals surface area (Å²) >= 11 is 0. The molecule has 0 spiro atoms. The van der Waals surface area contributed by atoms with Crippen LogP contribution in [0.5, 0.6) is 17.2 Å². The van der Waals surface area contributed by atoms with Crippen LogP contribution in [0.2, 0.25) is 0 Å². The van der Waals surface area contributed by atoms with Crippen molar-refractivity contribution in [3.8, 4) is 17.2 Å². The summed E-state index contributed by atoms with van der Waals surface area (Å²) in [6, 6.07) is 13.0. The molecule has 2 rings (SSSR count). The fourth-order valence-electron chi connectivity index (χ4n) is 2.64. The second kappa shape index (κ2) is 11.0. The van der Waals surface area contributed by atoms with Crippen molar-refractivity contribution >= 4 is 12.0 Å². The van der Waals surface area contributed by atoms with Gasteiger partial charge < -0.3 is 24.1 Å². The maximum absolute atomic E-state index is 11.2. The average molecular weight is 386 g/mol. The van der Waals surface area contributed by atoms with E-state index in [1.165, 1.54) is 0 Å². The average Bonchev–Trinajstić information content (AvgIpc) is 2.71. The maximum Gasteiger partial charge on any atom is 0.333 e. The molecule has 0 saturated carbocycles. The van der Waals surface area contributed by atoms with E-state index in [1.807, 2.05) is 54.6 Å². The number of carboxylic acids is 1. The summed E-state index contributed by atoms with van der Waals surface area (Å²) in [4.78, 5) is 11.2. The molecule has 0 aliphatic carbocycles. The fraction of sp³-hybridized carbons (Fsp3) is 0.318. The normalized spacial score (nSPS) is 12.0. The lowest BCUT2D eigenvalue weighted by Gasteiger charge is -2.12. The molecule has 0 saturated heterocycles. The molecule has 28 heavy (non-hydrogen) atoms. The SMILES string of the molecule is CCOC(Cc1ccc(OC/C=C/c2ccc(OC)c(OC)c2)cc1)C(=O)O. The monoisotopic (exact) mass is 386 g/mol. The van der Waals surface area contributed by atoms with Crippen LogP contribution in [0.15, 0.2) is 48.5 Å². The fourth-order valence-corrected chi connectivity index (χ4v) is 2.64. The van der Waals surface area contributed by atoms with Crippen LogP contribution in [0, 0.1) is 0 Å². The van der Waals surface area contributed by atoms with Crippen molar-refractivity contribution in [2.75, 3.05) is 27.4 Å². The Hall–Kier alpha value is -2.99. The lowest BCUT2D eigenvalue weighted by Crippen LogP contribution is -2.26. The number of ether oxygens (including phenoxy) is 4. The van der Waals surface area contributed by atoms with Gasteiger partial charge in [-0.05, 0) is 48.4 Å². The Balaban J connectivity index is 1.88. The van der Waals surface area contributed by atoms with Crippen molar-refractivity contribution in [1.29, 1.82) is 0 Å². The van der Waals surface area contributed by atoms with Gasteiger partial charge in [0.15, 0.2) is 17.6 Å². The van der Waals surface area contributed by atoms with Gasteiger partial charge in [0.1, 0.15) is 12.4 Å². The third-order valence-corrected chi connectivity index (χ3v) is 4.05. The molecule has 0 radical (unpaired) electrons.